The molecule has 9 atom stereocenters. The van der Waals surface area contributed by atoms with Gasteiger partial charge in [-0.15, -0.1) is 0 Å². The zero-order chi connectivity index (χ0) is 21.9. The Morgan fingerprint density at radius 3 is 2.47 bits per heavy atom. The van der Waals surface area contributed by atoms with Gasteiger partial charge in [-0.05, 0) is 105 Å². The first kappa shape index (κ1) is 23.3. The number of allylic oxidation sites excluding steroid dienone is 1. The number of aliphatic hydroxyl groups is 2. The third-order valence-electron chi connectivity index (χ3n) is 10.4. The number of aliphatic hydroxyl groups excluding tert-OH is 2. The second kappa shape index (κ2) is 8.17. The molecule has 3 fully saturated rings. The first-order chi connectivity index (χ1) is 14.0. The molecule has 2 N–H and O–H groups in total. The van der Waals surface area contributed by atoms with E-state index < -0.39 is 0 Å². The fraction of sp³-hybridized carbons (Fsp3) is 0.926. The molecule has 3 heteroatoms. The first-order valence-corrected chi connectivity index (χ1v) is 13.6. The average Bonchev–Trinajstić information content (AvgIpc) is 3.04. The van der Waals surface area contributed by atoms with E-state index in [1.165, 1.54) is 31.3 Å². The van der Waals surface area contributed by atoms with Crippen molar-refractivity contribution < 1.29 is 10.2 Å². The molecular formula is C27H45BrO2. The molecule has 4 aliphatic carbocycles. The Labute approximate surface area is 193 Å². The number of rotatable bonds is 5. The van der Waals surface area contributed by atoms with Crippen LogP contribution >= 0.6 is 15.9 Å². The van der Waals surface area contributed by atoms with Crippen molar-refractivity contribution in [3.05, 3.63) is 11.6 Å². The molecule has 0 saturated heterocycles. The molecule has 2 nitrogen and oxygen atoms in total. The van der Waals surface area contributed by atoms with Crippen LogP contribution in [0.4, 0.5) is 0 Å². The smallest absolute Gasteiger partial charge is 0.0577 e. The molecule has 0 aromatic carbocycles. The summed E-state index contributed by atoms with van der Waals surface area (Å²) in [7, 11) is 0. The summed E-state index contributed by atoms with van der Waals surface area (Å²) in [4.78, 5) is 0. The van der Waals surface area contributed by atoms with Gasteiger partial charge in [0, 0.05) is 4.32 Å². The van der Waals surface area contributed by atoms with E-state index in [4.69, 9.17) is 0 Å². The predicted octanol–water partition coefficient (Wildman–Crippen LogP) is 6.88. The maximum atomic E-state index is 11.0. The Balaban J connectivity index is 1.57. The van der Waals surface area contributed by atoms with E-state index in [1.807, 2.05) is 0 Å². The van der Waals surface area contributed by atoms with Gasteiger partial charge in [0.15, 0.2) is 0 Å². The molecule has 0 heterocycles. The minimum absolute atomic E-state index is 0.134. The van der Waals surface area contributed by atoms with E-state index in [0.29, 0.717) is 35.0 Å². The molecule has 30 heavy (non-hydrogen) atoms. The highest BCUT2D eigenvalue weighted by Crippen LogP contribution is 2.71. The van der Waals surface area contributed by atoms with E-state index in [-0.39, 0.29) is 21.9 Å². The topological polar surface area (TPSA) is 40.5 Å². The van der Waals surface area contributed by atoms with Gasteiger partial charge in [-0.2, -0.15) is 0 Å². The lowest BCUT2D eigenvalue weighted by Crippen LogP contribution is -2.58. The molecule has 0 aliphatic heterocycles. The maximum Gasteiger partial charge on any atom is 0.0577 e. The first-order valence-electron chi connectivity index (χ1n) is 12.8. The largest absolute Gasteiger partial charge is 0.393 e. The Morgan fingerprint density at radius 1 is 1.03 bits per heavy atom. The predicted molar refractivity (Wildman–Crippen MR) is 129 cm³/mol. The molecule has 1 unspecified atom stereocenters. The highest BCUT2D eigenvalue weighted by molar-refractivity contribution is 9.10. The lowest BCUT2D eigenvalue weighted by molar-refractivity contribution is -0.0513. The summed E-state index contributed by atoms with van der Waals surface area (Å²) in [6.45, 7) is 11.9. The molecule has 0 bridgehead atoms. The molecule has 4 aliphatic rings. The summed E-state index contributed by atoms with van der Waals surface area (Å²) in [6.07, 6.45) is 13.5. The summed E-state index contributed by atoms with van der Waals surface area (Å²) in [5, 5.41) is 21.3. The summed E-state index contributed by atoms with van der Waals surface area (Å²) in [5.41, 5.74) is 2.12. The average molecular weight is 482 g/mol. The lowest BCUT2D eigenvalue weighted by atomic mass is 9.46. The Hall–Kier alpha value is 0.140. The van der Waals surface area contributed by atoms with Crippen LogP contribution < -0.4 is 0 Å². The van der Waals surface area contributed by atoms with Gasteiger partial charge in [-0.1, -0.05) is 62.2 Å². The van der Waals surface area contributed by atoms with E-state index in [1.54, 1.807) is 0 Å². The fourth-order valence-electron chi connectivity index (χ4n) is 8.59. The van der Waals surface area contributed by atoms with Gasteiger partial charge in [0.1, 0.15) is 0 Å². The van der Waals surface area contributed by atoms with Gasteiger partial charge < -0.3 is 10.2 Å². The summed E-state index contributed by atoms with van der Waals surface area (Å²) < 4.78 is 0.192. The van der Waals surface area contributed by atoms with Crippen molar-refractivity contribution in [2.24, 2.45) is 40.4 Å². The molecular weight excluding hydrogens is 436 g/mol. The van der Waals surface area contributed by atoms with Gasteiger partial charge in [-0.25, -0.2) is 0 Å². The van der Waals surface area contributed by atoms with Crippen LogP contribution in [0.25, 0.3) is 0 Å². The van der Waals surface area contributed by atoms with Crippen molar-refractivity contribution in [2.75, 3.05) is 0 Å². The summed E-state index contributed by atoms with van der Waals surface area (Å²) in [5.74, 6) is 3.05. The second-order valence-electron chi connectivity index (χ2n) is 12.4. The van der Waals surface area contributed by atoms with Crippen molar-refractivity contribution in [3.8, 4) is 0 Å². The zero-order valence-electron chi connectivity index (χ0n) is 20.0. The molecule has 172 valence electrons. The second-order valence-corrected chi connectivity index (χ2v) is 13.9. The molecule has 0 radical (unpaired) electrons. The zero-order valence-corrected chi connectivity index (χ0v) is 21.5. The number of alkyl halides is 1. The molecule has 0 spiro atoms. The van der Waals surface area contributed by atoms with Gasteiger partial charge in [0.2, 0.25) is 0 Å². The van der Waals surface area contributed by atoms with Crippen LogP contribution in [0.1, 0.15) is 98.8 Å². The lowest BCUT2D eigenvalue weighted by Gasteiger charge is -2.62. The minimum Gasteiger partial charge on any atom is -0.393 e. The maximum absolute atomic E-state index is 11.0. The normalized spacial score (nSPS) is 47.8. The Bertz CT molecular complexity index is 674. The monoisotopic (exact) mass is 480 g/mol. The van der Waals surface area contributed by atoms with Gasteiger partial charge in [0.25, 0.3) is 0 Å². The van der Waals surface area contributed by atoms with Crippen LogP contribution in [0.3, 0.4) is 0 Å². The van der Waals surface area contributed by atoms with E-state index in [0.717, 1.165) is 38.5 Å². The summed E-state index contributed by atoms with van der Waals surface area (Å²) >= 11 is 4.42. The van der Waals surface area contributed by atoms with Crippen molar-refractivity contribution in [1.82, 2.24) is 0 Å². The molecule has 0 aromatic heterocycles. The fourth-order valence-corrected chi connectivity index (χ4v) is 10.2. The van der Waals surface area contributed by atoms with E-state index >= 15 is 0 Å². The van der Waals surface area contributed by atoms with E-state index in [9.17, 15) is 10.2 Å². The van der Waals surface area contributed by atoms with Crippen molar-refractivity contribution in [2.45, 2.75) is 115 Å². The molecule has 4 rings (SSSR count). The summed E-state index contributed by atoms with van der Waals surface area (Å²) in [6, 6.07) is 0. The highest BCUT2D eigenvalue weighted by Gasteiger charge is 2.65. The number of fused-ring (bicyclic) bond motifs is 5. The van der Waals surface area contributed by atoms with E-state index in [2.05, 4.69) is 56.6 Å². The third-order valence-corrected chi connectivity index (χ3v) is 11.9. The van der Waals surface area contributed by atoms with Crippen LogP contribution in [0.15, 0.2) is 11.6 Å². The molecule has 3 saturated carbocycles. The van der Waals surface area contributed by atoms with Crippen LogP contribution in [0.5, 0.6) is 0 Å². The van der Waals surface area contributed by atoms with Gasteiger partial charge in [0.05, 0.1) is 12.2 Å². The molecule has 0 aromatic rings. The third kappa shape index (κ3) is 3.58. The highest BCUT2D eigenvalue weighted by atomic mass is 79.9. The van der Waals surface area contributed by atoms with Crippen molar-refractivity contribution in [3.63, 3.8) is 0 Å². The molecule has 0 amide bonds. The number of hydrogen-bond donors (Lipinski definition) is 2. The van der Waals surface area contributed by atoms with Crippen LogP contribution in [0, 0.1) is 40.4 Å². The van der Waals surface area contributed by atoms with Crippen molar-refractivity contribution >= 4 is 15.9 Å². The number of halogens is 1. The van der Waals surface area contributed by atoms with Crippen LogP contribution in [0.2, 0.25) is 0 Å². The number of hydrogen-bond acceptors (Lipinski definition) is 2. The SMILES string of the molecule is CC(C)CCC(O)[C@@H](C)[C@H]1CC[C@@H]2[C@]1(C)CC[C@H]1[C@@]2(Br)CC=C2C[C@@H](O)CC[C@@]21C. The Kier molecular flexibility index (Phi) is 6.35. The Morgan fingerprint density at radius 2 is 1.77 bits per heavy atom. The van der Waals surface area contributed by atoms with Crippen LogP contribution in [-0.2, 0) is 0 Å². The standard InChI is InChI=1S/C27H45BrO2/c1-17(2)6-8-22(30)18(3)21-7-9-23-26(21,5)14-12-24-25(4)13-11-20(29)16-19(25)10-15-27(23,24)28/h10,17-18,20-24,29-30H,6-9,11-16H2,1-5H3/t18-,20-,21+,22?,23+,24+,25-,26+,27+/m0/s1. The van der Waals surface area contributed by atoms with Crippen LogP contribution in [-0.4, -0.2) is 26.7 Å². The minimum atomic E-state index is -0.160. The van der Waals surface area contributed by atoms with Gasteiger partial charge in [-0.3, -0.25) is 0 Å². The quantitative estimate of drug-likeness (QED) is 0.332. The van der Waals surface area contributed by atoms with Gasteiger partial charge >= 0.3 is 0 Å². The van der Waals surface area contributed by atoms with Crippen molar-refractivity contribution in [1.29, 1.82) is 0 Å².